The molecule has 2 heterocycles. The van der Waals surface area contributed by atoms with Crippen molar-refractivity contribution in [2.75, 3.05) is 0 Å². The van der Waals surface area contributed by atoms with Gasteiger partial charge in [0.05, 0.1) is 5.69 Å². The van der Waals surface area contributed by atoms with Crippen LogP contribution in [0, 0.1) is 20.8 Å². The molecule has 0 spiro atoms. The number of hydrogen-bond acceptors (Lipinski definition) is 4. The van der Waals surface area contributed by atoms with E-state index < -0.39 is 0 Å². The third kappa shape index (κ3) is 3.84. The lowest BCUT2D eigenvalue weighted by molar-refractivity contribution is 0.0950. The molecular formula is C20H22ClN5O2. The minimum absolute atomic E-state index is 0.133. The second kappa shape index (κ2) is 7.98. The number of hydrogen-bond donors (Lipinski definition) is 2. The molecule has 0 aliphatic carbocycles. The van der Waals surface area contributed by atoms with E-state index in [9.17, 15) is 9.59 Å². The van der Waals surface area contributed by atoms with E-state index in [1.807, 2.05) is 38.3 Å². The van der Waals surface area contributed by atoms with Gasteiger partial charge in [0.1, 0.15) is 12.2 Å². The monoisotopic (exact) mass is 399 g/mol. The summed E-state index contributed by atoms with van der Waals surface area (Å²) in [5.74, 6) is 0.477. The van der Waals surface area contributed by atoms with Crippen LogP contribution in [0.15, 0.2) is 29.3 Å². The van der Waals surface area contributed by atoms with Crippen LogP contribution in [-0.2, 0) is 13.0 Å². The molecule has 0 atom stereocenters. The van der Waals surface area contributed by atoms with Crippen LogP contribution in [0.5, 0.6) is 0 Å². The van der Waals surface area contributed by atoms with Gasteiger partial charge in [-0.2, -0.15) is 0 Å². The number of aryl methyl sites for hydroxylation is 3. The average molecular weight is 400 g/mol. The number of halogens is 1. The maximum absolute atomic E-state index is 12.8. The standard InChI is InChI=1S/C20H22ClN5O2/c1-5-18-25-23-10-26(18)17-8-14(21)7-15(13(17)4)19(27)22-9-16-11(2)6-12(3)24-20(16)28/h6-8,10H,5,9H2,1-4H3,(H,22,27)(H,24,28). The minimum Gasteiger partial charge on any atom is -0.348 e. The highest BCUT2D eigenvalue weighted by molar-refractivity contribution is 6.31. The maximum Gasteiger partial charge on any atom is 0.253 e. The highest BCUT2D eigenvalue weighted by atomic mass is 35.5. The zero-order valence-electron chi connectivity index (χ0n) is 16.3. The van der Waals surface area contributed by atoms with Gasteiger partial charge in [-0.15, -0.1) is 10.2 Å². The molecule has 3 rings (SSSR count). The van der Waals surface area contributed by atoms with Gasteiger partial charge in [-0.05, 0) is 50.1 Å². The van der Waals surface area contributed by atoms with Crippen molar-refractivity contribution < 1.29 is 4.79 Å². The van der Waals surface area contributed by atoms with Crippen LogP contribution in [0.25, 0.3) is 5.69 Å². The summed E-state index contributed by atoms with van der Waals surface area (Å²) in [6.07, 6.45) is 2.30. The Balaban J connectivity index is 1.92. The molecule has 0 saturated heterocycles. The molecule has 0 aliphatic heterocycles. The Bertz CT molecular complexity index is 1100. The van der Waals surface area contributed by atoms with Crippen LogP contribution in [0.1, 0.15) is 45.5 Å². The molecule has 3 aromatic rings. The minimum atomic E-state index is -0.299. The second-order valence-corrected chi connectivity index (χ2v) is 7.13. The molecule has 1 aromatic carbocycles. The molecule has 2 N–H and O–H groups in total. The Morgan fingerprint density at radius 3 is 2.68 bits per heavy atom. The molecule has 28 heavy (non-hydrogen) atoms. The fourth-order valence-electron chi connectivity index (χ4n) is 3.22. The number of pyridine rings is 1. The van der Waals surface area contributed by atoms with Crippen molar-refractivity contribution in [2.24, 2.45) is 0 Å². The Hall–Kier alpha value is -2.93. The summed E-state index contributed by atoms with van der Waals surface area (Å²) in [5.41, 5.74) is 3.91. The van der Waals surface area contributed by atoms with Gasteiger partial charge < -0.3 is 10.3 Å². The van der Waals surface area contributed by atoms with Crippen molar-refractivity contribution in [1.82, 2.24) is 25.1 Å². The summed E-state index contributed by atoms with van der Waals surface area (Å²) in [6.45, 7) is 7.64. The SMILES string of the molecule is CCc1nncn1-c1cc(Cl)cc(C(=O)NCc2c(C)cc(C)[nH]c2=O)c1C. The van der Waals surface area contributed by atoms with E-state index in [0.717, 1.165) is 28.3 Å². The van der Waals surface area contributed by atoms with Gasteiger partial charge in [-0.25, -0.2) is 0 Å². The molecule has 0 radical (unpaired) electrons. The lowest BCUT2D eigenvalue weighted by atomic mass is 10.0. The number of nitrogens with one attached hydrogen (secondary N) is 2. The van der Waals surface area contributed by atoms with E-state index in [-0.39, 0.29) is 18.0 Å². The summed E-state index contributed by atoms with van der Waals surface area (Å²) in [7, 11) is 0. The first-order valence-electron chi connectivity index (χ1n) is 8.98. The number of rotatable bonds is 5. The third-order valence-corrected chi connectivity index (χ3v) is 4.92. The molecule has 1 amide bonds. The summed E-state index contributed by atoms with van der Waals surface area (Å²) in [6, 6.07) is 5.28. The number of amides is 1. The Labute approximate surface area is 167 Å². The van der Waals surface area contributed by atoms with E-state index in [2.05, 4.69) is 20.5 Å². The predicted octanol–water partition coefficient (Wildman–Crippen LogP) is 3.03. The summed E-state index contributed by atoms with van der Waals surface area (Å²) in [4.78, 5) is 27.8. The van der Waals surface area contributed by atoms with Crippen LogP contribution < -0.4 is 10.9 Å². The van der Waals surface area contributed by atoms with Crippen molar-refractivity contribution in [1.29, 1.82) is 0 Å². The zero-order valence-corrected chi connectivity index (χ0v) is 17.0. The Kier molecular flexibility index (Phi) is 5.65. The fourth-order valence-corrected chi connectivity index (χ4v) is 3.43. The predicted molar refractivity (Wildman–Crippen MR) is 108 cm³/mol. The Morgan fingerprint density at radius 1 is 1.25 bits per heavy atom. The first-order chi connectivity index (χ1) is 13.3. The van der Waals surface area contributed by atoms with Gasteiger partial charge in [0.2, 0.25) is 0 Å². The average Bonchev–Trinajstić information content (AvgIpc) is 3.10. The molecule has 7 nitrogen and oxygen atoms in total. The second-order valence-electron chi connectivity index (χ2n) is 6.69. The van der Waals surface area contributed by atoms with E-state index >= 15 is 0 Å². The number of nitrogens with zero attached hydrogens (tertiary/aromatic N) is 3. The van der Waals surface area contributed by atoms with Crippen LogP contribution in [0.2, 0.25) is 5.02 Å². The van der Waals surface area contributed by atoms with Crippen LogP contribution in [0.3, 0.4) is 0 Å². The van der Waals surface area contributed by atoms with Crippen LogP contribution >= 0.6 is 11.6 Å². The normalized spacial score (nSPS) is 10.9. The number of H-pyrrole nitrogens is 1. The van der Waals surface area contributed by atoms with Crippen molar-refractivity contribution in [3.8, 4) is 5.69 Å². The summed E-state index contributed by atoms with van der Waals surface area (Å²) < 4.78 is 1.83. The van der Waals surface area contributed by atoms with Gasteiger partial charge in [-0.3, -0.25) is 14.2 Å². The van der Waals surface area contributed by atoms with E-state index in [1.165, 1.54) is 0 Å². The number of aromatic amines is 1. The molecule has 8 heteroatoms. The molecule has 146 valence electrons. The molecule has 2 aromatic heterocycles. The molecule has 0 fully saturated rings. The Morgan fingerprint density at radius 2 is 2.00 bits per heavy atom. The summed E-state index contributed by atoms with van der Waals surface area (Å²) in [5, 5.41) is 11.3. The van der Waals surface area contributed by atoms with Crippen molar-refractivity contribution in [2.45, 2.75) is 40.7 Å². The number of benzene rings is 1. The number of aromatic nitrogens is 4. The highest BCUT2D eigenvalue weighted by Gasteiger charge is 2.17. The van der Waals surface area contributed by atoms with E-state index in [0.29, 0.717) is 22.6 Å². The van der Waals surface area contributed by atoms with E-state index in [1.54, 1.807) is 18.5 Å². The molecule has 0 saturated carbocycles. The first kappa shape index (κ1) is 19.8. The molecule has 0 aliphatic rings. The smallest absolute Gasteiger partial charge is 0.253 e. The van der Waals surface area contributed by atoms with Gasteiger partial charge in [0, 0.05) is 34.8 Å². The van der Waals surface area contributed by atoms with Gasteiger partial charge >= 0.3 is 0 Å². The maximum atomic E-state index is 12.8. The molecule has 0 bridgehead atoms. The molecule has 0 unspecified atom stereocenters. The highest BCUT2D eigenvalue weighted by Crippen LogP contribution is 2.25. The first-order valence-corrected chi connectivity index (χ1v) is 9.36. The van der Waals surface area contributed by atoms with Gasteiger partial charge in [-0.1, -0.05) is 18.5 Å². The van der Waals surface area contributed by atoms with Crippen molar-refractivity contribution in [3.63, 3.8) is 0 Å². The quantitative estimate of drug-likeness (QED) is 0.689. The third-order valence-electron chi connectivity index (χ3n) is 4.70. The van der Waals surface area contributed by atoms with E-state index in [4.69, 9.17) is 11.6 Å². The lowest BCUT2D eigenvalue weighted by Crippen LogP contribution is -2.28. The zero-order chi connectivity index (χ0) is 20.4. The number of carbonyl (C=O) groups excluding carboxylic acids is 1. The lowest BCUT2D eigenvalue weighted by Gasteiger charge is -2.15. The van der Waals surface area contributed by atoms with Gasteiger partial charge in [0.15, 0.2) is 0 Å². The van der Waals surface area contributed by atoms with Crippen molar-refractivity contribution >= 4 is 17.5 Å². The topological polar surface area (TPSA) is 92.7 Å². The van der Waals surface area contributed by atoms with Crippen LogP contribution in [-0.4, -0.2) is 25.7 Å². The largest absolute Gasteiger partial charge is 0.348 e. The molecular weight excluding hydrogens is 378 g/mol. The van der Waals surface area contributed by atoms with Crippen LogP contribution in [0.4, 0.5) is 0 Å². The van der Waals surface area contributed by atoms with Crippen molar-refractivity contribution in [3.05, 3.63) is 73.7 Å². The fraction of sp³-hybridized carbons (Fsp3) is 0.300. The summed E-state index contributed by atoms with van der Waals surface area (Å²) >= 11 is 6.27. The number of carbonyl (C=O) groups is 1. The van der Waals surface area contributed by atoms with Gasteiger partial charge in [0.25, 0.3) is 11.5 Å².